The number of carbonyl (C=O) groups excluding carboxylic acids is 1. The van der Waals surface area contributed by atoms with Gasteiger partial charge in [0.15, 0.2) is 0 Å². The van der Waals surface area contributed by atoms with Crippen LogP contribution >= 0.6 is 0 Å². The zero-order valence-electron chi connectivity index (χ0n) is 13.0. The molecule has 0 atom stereocenters. The number of ether oxygens (including phenoxy) is 1. The van der Waals surface area contributed by atoms with E-state index in [4.69, 9.17) is 4.74 Å². The predicted molar refractivity (Wildman–Crippen MR) is 85.7 cm³/mol. The van der Waals surface area contributed by atoms with Crippen LogP contribution in [-0.4, -0.2) is 29.1 Å². The fourth-order valence-corrected chi connectivity index (χ4v) is 3.30. The number of aromatic nitrogens is 1. The van der Waals surface area contributed by atoms with Crippen LogP contribution in [0.25, 0.3) is 10.8 Å². The number of carboxylic acid groups (broad SMARTS) is 1. The summed E-state index contributed by atoms with van der Waals surface area (Å²) in [6, 6.07) is 6.58. The third-order valence-electron chi connectivity index (χ3n) is 4.51. The SMILES string of the molecule is COC(=O)c1cc2ccc(C(=O)O)cc2c(CC2CCCC2)n1. The van der Waals surface area contributed by atoms with Crippen LogP contribution in [0.5, 0.6) is 0 Å². The fraction of sp³-hybridized carbons (Fsp3) is 0.389. The maximum Gasteiger partial charge on any atom is 0.356 e. The molecule has 1 aliphatic rings. The number of nitrogens with zero attached hydrogens (tertiary/aromatic N) is 1. The van der Waals surface area contributed by atoms with Crippen molar-refractivity contribution in [3.05, 3.63) is 41.2 Å². The highest BCUT2D eigenvalue weighted by Crippen LogP contribution is 2.30. The molecule has 0 bridgehead atoms. The van der Waals surface area contributed by atoms with Gasteiger partial charge in [-0.2, -0.15) is 0 Å². The van der Waals surface area contributed by atoms with E-state index in [1.54, 1.807) is 24.3 Å². The maximum absolute atomic E-state index is 11.8. The molecule has 120 valence electrons. The van der Waals surface area contributed by atoms with Crippen molar-refractivity contribution < 1.29 is 19.4 Å². The average molecular weight is 313 g/mol. The lowest BCUT2D eigenvalue weighted by Gasteiger charge is -2.13. The van der Waals surface area contributed by atoms with Crippen molar-refractivity contribution in [3.8, 4) is 0 Å². The summed E-state index contributed by atoms with van der Waals surface area (Å²) >= 11 is 0. The van der Waals surface area contributed by atoms with Crippen molar-refractivity contribution in [2.75, 3.05) is 7.11 Å². The lowest BCUT2D eigenvalue weighted by Crippen LogP contribution is -2.09. The summed E-state index contributed by atoms with van der Waals surface area (Å²) < 4.78 is 4.78. The normalized spacial score (nSPS) is 15.0. The quantitative estimate of drug-likeness (QED) is 0.875. The molecule has 1 N–H and O–H groups in total. The number of hydrogen-bond donors (Lipinski definition) is 1. The van der Waals surface area contributed by atoms with Crippen LogP contribution in [-0.2, 0) is 11.2 Å². The van der Waals surface area contributed by atoms with E-state index in [1.807, 2.05) is 0 Å². The van der Waals surface area contributed by atoms with Crippen LogP contribution in [0.15, 0.2) is 24.3 Å². The molecule has 1 saturated carbocycles. The molecule has 1 aromatic heterocycles. The van der Waals surface area contributed by atoms with E-state index in [2.05, 4.69) is 4.98 Å². The third kappa shape index (κ3) is 3.18. The van der Waals surface area contributed by atoms with Crippen molar-refractivity contribution in [2.24, 2.45) is 5.92 Å². The Morgan fingerprint density at radius 1 is 1.26 bits per heavy atom. The van der Waals surface area contributed by atoms with E-state index in [1.165, 1.54) is 20.0 Å². The van der Waals surface area contributed by atoms with E-state index in [9.17, 15) is 14.7 Å². The number of esters is 1. The number of fused-ring (bicyclic) bond motifs is 1. The van der Waals surface area contributed by atoms with Gasteiger partial charge in [0.2, 0.25) is 0 Å². The summed E-state index contributed by atoms with van der Waals surface area (Å²) in [5, 5.41) is 10.8. The summed E-state index contributed by atoms with van der Waals surface area (Å²) in [5.74, 6) is -0.885. The van der Waals surface area contributed by atoms with Crippen LogP contribution < -0.4 is 0 Å². The third-order valence-corrected chi connectivity index (χ3v) is 4.51. The van der Waals surface area contributed by atoms with Gasteiger partial charge in [0.1, 0.15) is 5.69 Å². The standard InChI is InChI=1S/C18H19NO4/c1-23-18(22)16-10-12-6-7-13(17(20)21)9-14(12)15(19-16)8-11-4-2-3-5-11/h6-7,9-11H,2-5,8H2,1H3,(H,20,21). The monoisotopic (exact) mass is 313 g/mol. The van der Waals surface area contributed by atoms with Crippen molar-refractivity contribution in [2.45, 2.75) is 32.1 Å². The first-order valence-electron chi connectivity index (χ1n) is 7.84. The Morgan fingerprint density at radius 3 is 2.65 bits per heavy atom. The largest absolute Gasteiger partial charge is 0.478 e. The highest BCUT2D eigenvalue weighted by atomic mass is 16.5. The minimum Gasteiger partial charge on any atom is -0.478 e. The van der Waals surface area contributed by atoms with E-state index in [0.717, 1.165) is 35.7 Å². The molecule has 0 unspecified atom stereocenters. The average Bonchev–Trinajstić information content (AvgIpc) is 3.06. The van der Waals surface area contributed by atoms with Gasteiger partial charge in [-0.15, -0.1) is 0 Å². The summed E-state index contributed by atoms with van der Waals surface area (Å²) in [4.78, 5) is 27.5. The number of pyridine rings is 1. The molecule has 23 heavy (non-hydrogen) atoms. The summed E-state index contributed by atoms with van der Waals surface area (Å²) in [5.41, 5.74) is 1.30. The molecule has 5 heteroatoms. The Kier molecular flexibility index (Phi) is 4.28. The van der Waals surface area contributed by atoms with Crippen molar-refractivity contribution in [1.29, 1.82) is 0 Å². The maximum atomic E-state index is 11.8. The number of carbonyl (C=O) groups is 2. The Labute approximate surface area is 134 Å². The van der Waals surface area contributed by atoms with Crippen LogP contribution in [0.3, 0.4) is 0 Å². The molecule has 3 rings (SSSR count). The van der Waals surface area contributed by atoms with E-state index in [-0.39, 0.29) is 11.3 Å². The van der Waals surface area contributed by atoms with Gasteiger partial charge in [0.05, 0.1) is 12.7 Å². The number of benzene rings is 1. The number of hydrogen-bond acceptors (Lipinski definition) is 4. The molecular formula is C18H19NO4. The highest BCUT2D eigenvalue weighted by Gasteiger charge is 2.20. The van der Waals surface area contributed by atoms with E-state index < -0.39 is 11.9 Å². The summed E-state index contributed by atoms with van der Waals surface area (Å²) in [6.45, 7) is 0. The molecule has 1 heterocycles. The molecule has 2 aromatic rings. The van der Waals surface area contributed by atoms with Crippen molar-refractivity contribution >= 4 is 22.7 Å². The van der Waals surface area contributed by atoms with Crippen LogP contribution in [0.1, 0.15) is 52.2 Å². The van der Waals surface area contributed by atoms with Gasteiger partial charge in [0.25, 0.3) is 0 Å². The molecule has 0 aliphatic heterocycles. The molecule has 1 aromatic carbocycles. The lowest BCUT2D eigenvalue weighted by atomic mass is 9.96. The molecule has 0 amide bonds. The summed E-state index contributed by atoms with van der Waals surface area (Å²) in [7, 11) is 1.33. The van der Waals surface area contributed by atoms with Crippen molar-refractivity contribution in [3.63, 3.8) is 0 Å². The molecule has 1 aliphatic carbocycles. The van der Waals surface area contributed by atoms with Gasteiger partial charge in [0, 0.05) is 11.1 Å². The Morgan fingerprint density at radius 2 is 2.00 bits per heavy atom. The zero-order valence-corrected chi connectivity index (χ0v) is 13.0. The lowest BCUT2D eigenvalue weighted by molar-refractivity contribution is 0.0593. The second kappa shape index (κ2) is 6.36. The first-order valence-corrected chi connectivity index (χ1v) is 7.84. The van der Waals surface area contributed by atoms with Crippen LogP contribution in [0, 0.1) is 5.92 Å². The van der Waals surface area contributed by atoms with Crippen LogP contribution in [0.4, 0.5) is 0 Å². The molecule has 5 nitrogen and oxygen atoms in total. The molecule has 0 radical (unpaired) electrons. The smallest absolute Gasteiger partial charge is 0.356 e. The Hall–Kier alpha value is -2.43. The molecule has 0 spiro atoms. The first-order chi connectivity index (χ1) is 11.1. The predicted octanol–water partition coefficient (Wildman–Crippen LogP) is 3.45. The van der Waals surface area contributed by atoms with Crippen LogP contribution in [0.2, 0.25) is 0 Å². The number of rotatable bonds is 4. The Balaban J connectivity index is 2.11. The van der Waals surface area contributed by atoms with Crippen molar-refractivity contribution in [1.82, 2.24) is 4.98 Å². The van der Waals surface area contributed by atoms with Gasteiger partial charge in [-0.25, -0.2) is 14.6 Å². The van der Waals surface area contributed by atoms with Gasteiger partial charge in [-0.05, 0) is 35.9 Å². The Bertz CT molecular complexity index is 763. The van der Waals surface area contributed by atoms with Gasteiger partial charge < -0.3 is 9.84 Å². The first kappa shape index (κ1) is 15.5. The number of carboxylic acids is 1. The fourth-order valence-electron chi connectivity index (χ4n) is 3.30. The highest BCUT2D eigenvalue weighted by molar-refractivity contribution is 5.98. The number of aromatic carboxylic acids is 1. The van der Waals surface area contributed by atoms with Gasteiger partial charge in [-0.1, -0.05) is 31.7 Å². The molecule has 1 fully saturated rings. The minimum atomic E-state index is -0.962. The van der Waals surface area contributed by atoms with E-state index in [0.29, 0.717) is 5.92 Å². The second-order valence-corrected chi connectivity index (χ2v) is 6.04. The van der Waals surface area contributed by atoms with Gasteiger partial charge in [-0.3, -0.25) is 0 Å². The van der Waals surface area contributed by atoms with Gasteiger partial charge >= 0.3 is 11.9 Å². The summed E-state index contributed by atoms with van der Waals surface area (Å²) in [6.07, 6.45) is 5.53. The zero-order chi connectivity index (χ0) is 16.4. The van der Waals surface area contributed by atoms with E-state index >= 15 is 0 Å². The minimum absolute atomic E-state index is 0.234. The topological polar surface area (TPSA) is 76.5 Å². The number of methoxy groups -OCH3 is 1. The molecule has 0 saturated heterocycles. The molecular weight excluding hydrogens is 294 g/mol. The second-order valence-electron chi connectivity index (χ2n) is 6.04.